The Balaban J connectivity index is 1.56. The van der Waals surface area contributed by atoms with Gasteiger partial charge in [0, 0.05) is 41.5 Å². The molecule has 4 aromatic rings. The van der Waals surface area contributed by atoms with Crippen molar-refractivity contribution >= 4 is 23.0 Å². The first-order valence-electron chi connectivity index (χ1n) is 12.8. The summed E-state index contributed by atoms with van der Waals surface area (Å²) in [5.41, 5.74) is 9.84. The SMILES string of the molecule is CC#CC(=O)N1C(C)CC[C@@H](C)C1c1nc(-c2ccc(C(=O)Cc3ccccn3)cc2)c2c(N)nccn12. The second-order valence-electron chi connectivity index (χ2n) is 9.78. The largest absolute Gasteiger partial charge is 0.382 e. The first kappa shape index (κ1) is 25.2. The number of piperidine rings is 1. The van der Waals surface area contributed by atoms with Crippen molar-refractivity contribution in [3.8, 4) is 23.1 Å². The van der Waals surface area contributed by atoms with Crippen LogP contribution in [0, 0.1) is 17.8 Å². The van der Waals surface area contributed by atoms with Crippen LogP contribution in [0.5, 0.6) is 0 Å². The van der Waals surface area contributed by atoms with E-state index >= 15 is 0 Å². The van der Waals surface area contributed by atoms with Gasteiger partial charge in [-0.2, -0.15) is 0 Å². The highest BCUT2D eigenvalue weighted by Gasteiger charge is 2.39. The van der Waals surface area contributed by atoms with E-state index < -0.39 is 0 Å². The van der Waals surface area contributed by atoms with Crippen LogP contribution in [-0.4, -0.2) is 42.0 Å². The zero-order valence-corrected chi connectivity index (χ0v) is 21.8. The lowest BCUT2D eigenvalue weighted by Crippen LogP contribution is -2.47. The Morgan fingerprint density at radius 2 is 1.84 bits per heavy atom. The number of pyridine rings is 1. The monoisotopic (exact) mass is 506 g/mol. The molecule has 0 aliphatic carbocycles. The second-order valence-corrected chi connectivity index (χ2v) is 9.78. The Kier molecular flexibility index (Phi) is 6.93. The minimum Gasteiger partial charge on any atom is -0.382 e. The van der Waals surface area contributed by atoms with Gasteiger partial charge in [0.25, 0.3) is 5.91 Å². The number of rotatable bonds is 5. The van der Waals surface area contributed by atoms with E-state index in [9.17, 15) is 9.59 Å². The summed E-state index contributed by atoms with van der Waals surface area (Å²) < 4.78 is 1.94. The fourth-order valence-electron chi connectivity index (χ4n) is 5.31. The number of fused-ring (bicyclic) bond motifs is 1. The van der Waals surface area contributed by atoms with Crippen molar-refractivity contribution in [3.05, 3.63) is 78.1 Å². The van der Waals surface area contributed by atoms with Crippen molar-refractivity contribution in [1.29, 1.82) is 0 Å². The van der Waals surface area contributed by atoms with Gasteiger partial charge in [0.05, 0.1) is 12.5 Å². The van der Waals surface area contributed by atoms with Gasteiger partial charge in [0.2, 0.25) is 0 Å². The summed E-state index contributed by atoms with van der Waals surface area (Å²) in [5.74, 6) is 6.51. The van der Waals surface area contributed by atoms with E-state index in [1.165, 1.54) is 0 Å². The first-order valence-corrected chi connectivity index (χ1v) is 12.8. The Labute approximate surface area is 221 Å². The summed E-state index contributed by atoms with van der Waals surface area (Å²) in [5, 5.41) is 0. The van der Waals surface area contributed by atoms with Gasteiger partial charge < -0.3 is 10.6 Å². The lowest BCUT2D eigenvalue weighted by Gasteiger charge is -2.42. The molecular formula is C30H30N6O2. The van der Waals surface area contributed by atoms with Crippen LogP contribution in [0.1, 0.15) is 61.5 Å². The number of aromatic nitrogens is 4. The Bertz CT molecular complexity index is 1550. The average molecular weight is 507 g/mol. The Morgan fingerprint density at radius 3 is 2.55 bits per heavy atom. The predicted octanol–water partition coefficient (Wildman–Crippen LogP) is 4.51. The molecule has 0 saturated carbocycles. The van der Waals surface area contributed by atoms with Gasteiger partial charge >= 0.3 is 0 Å². The summed E-state index contributed by atoms with van der Waals surface area (Å²) in [6, 6.07) is 12.7. The molecule has 1 amide bonds. The summed E-state index contributed by atoms with van der Waals surface area (Å²) >= 11 is 0. The molecule has 1 aliphatic heterocycles. The van der Waals surface area contributed by atoms with E-state index in [2.05, 4.69) is 35.7 Å². The lowest BCUT2D eigenvalue weighted by atomic mass is 9.86. The van der Waals surface area contributed by atoms with Crippen molar-refractivity contribution in [2.75, 3.05) is 5.73 Å². The van der Waals surface area contributed by atoms with Crippen molar-refractivity contribution in [2.45, 2.75) is 52.1 Å². The van der Waals surface area contributed by atoms with Crippen molar-refractivity contribution < 1.29 is 9.59 Å². The van der Waals surface area contributed by atoms with E-state index in [0.717, 1.165) is 29.9 Å². The highest BCUT2D eigenvalue weighted by molar-refractivity contribution is 5.98. The van der Waals surface area contributed by atoms with Crippen LogP contribution in [-0.2, 0) is 11.2 Å². The van der Waals surface area contributed by atoms with Gasteiger partial charge in [0.15, 0.2) is 5.78 Å². The quantitative estimate of drug-likeness (QED) is 0.315. The number of hydrogen-bond donors (Lipinski definition) is 1. The number of likely N-dealkylation sites (tertiary alicyclic amines) is 1. The number of benzene rings is 1. The summed E-state index contributed by atoms with van der Waals surface area (Å²) in [7, 11) is 0. The van der Waals surface area contributed by atoms with E-state index in [4.69, 9.17) is 10.7 Å². The molecule has 0 bridgehead atoms. The highest BCUT2D eigenvalue weighted by Crippen LogP contribution is 2.40. The molecule has 1 fully saturated rings. The highest BCUT2D eigenvalue weighted by atomic mass is 16.2. The third-order valence-corrected chi connectivity index (χ3v) is 7.24. The summed E-state index contributed by atoms with van der Waals surface area (Å²) in [6.07, 6.45) is 7.27. The average Bonchev–Trinajstić information content (AvgIpc) is 3.31. The molecule has 1 aromatic carbocycles. The number of nitrogens with zero attached hydrogens (tertiary/aromatic N) is 5. The topological polar surface area (TPSA) is 106 Å². The molecule has 3 atom stereocenters. The number of amides is 1. The molecular weight excluding hydrogens is 476 g/mol. The summed E-state index contributed by atoms with van der Waals surface area (Å²) in [4.78, 5) is 41.4. The minimum absolute atomic E-state index is 0.0111. The molecule has 0 spiro atoms. The van der Waals surface area contributed by atoms with Crippen molar-refractivity contribution in [3.63, 3.8) is 0 Å². The van der Waals surface area contributed by atoms with Crippen LogP contribution in [0.25, 0.3) is 16.8 Å². The maximum Gasteiger partial charge on any atom is 0.299 e. The molecule has 0 radical (unpaired) electrons. The zero-order chi connectivity index (χ0) is 26.8. The van der Waals surface area contributed by atoms with Crippen LogP contribution in [0.15, 0.2) is 61.1 Å². The smallest absolute Gasteiger partial charge is 0.299 e. The molecule has 4 heterocycles. The number of carbonyl (C=O) groups excluding carboxylic acids is 2. The fraction of sp³-hybridized carbons (Fsp3) is 0.300. The lowest BCUT2D eigenvalue weighted by molar-refractivity contribution is -0.133. The number of imidazole rings is 1. The number of anilines is 1. The molecule has 8 nitrogen and oxygen atoms in total. The van der Waals surface area contributed by atoms with E-state index in [1.807, 2.05) is 45.8 Å². The van der Waals surface area contributed by atoms with Crippen LogP contribution in [0.3, 0.4) is 0 Å². The van der Waals surface area contributed by atoms with Gasteiger partial charge in [-0.3, -0.25) is 19.0 Å². The number of hydrogen-bond acceptors (Lipinski definition) is 6. The van der Waals surface area contributed by atoms with E-state index in [0.29, 0.717) is 22.6 Å². The predicted molar refractivity (Wildman–Crippen MR) is 146 cm³/mol. The maximum absolute atomic E-state index is 13.1. The number of nitrogen functional groups attached to an aromatic ring is 1. The summed E-state index contributed by atoms with van der Waals surface area (Å²) in [6.45, 7) is 5.87. The number of ketones is 1. The number of carbonyl (C=O) groups is 2. The van der Waals surface area contributed by atoms with E-state index in [1.54, 1.807) is 31.5 Å². The van der Waals surface area contributed by atoms with Gasteiger partial charge in [-0.05, 0) is 50.7 Å². The minimum atomic E-state index is -0.269. The van der Waals surface area contributed by atoms with Gasteiger partial charge in [-0.1, -0.05) is 43.2 Å². The van der Waals surface area contributed by atoms with Crippen LogP contribution < -0.4 is 5.73 Å². The fourth-order valence-corrected chi connectivity index (χ4v) is 5.31. The molecule has 2 unspecified atom stereocenters. The molecule has 1 aliphatic rings. The molecule has 8 heteroatoms. The molecule has 5 rings (SSSR count). The third kappa shape index (κ3) is 4.63. The molecule has 192 valence electrons. The molecule has 2 N–H and O–H groups in total. The first-order chi connectivity index (χ1) is 18.4. The maximum atomic E-state index is 13.1. The standard InChI is InChI=1S/C30H30N6O2/c1-4-7-25(38)36-20(3)10-9-19(2)27(36)30-34-26(28-29(31)33-16-17-35(28)30)22-13-11-21(12-14-22)24(37)18-23-8-5-6-15-32-23/h5-6,8,11-17,19-20,27H,9-10,18H2,1-3H3,(H2,31,33)/t19-,20?,27?/m1/s1. The Morgan fingerprint density at radius 1 is 1.05 bits per heavy atom. The van der Waals surface area contributed by atoms with Gasteiger partial charge in [-0.25, -0.2) is 9.97 Å². The molecule has 1 saturated heterocycles. The normalized spacial score (nSPS) is 19.1. The van der Waals surface area contributed by atoms with Crippen LogP contribution >= 0.6 is 0 Å². The third-order valence-electron chi connectivity index (χ3n) is 7.24. The van der Waals surface area contributed by atoms with Crippen molar-refractivity contribution in [2.24, 2.45) is 5.92 Å². The van der Waals surface area contributed by atoms with Crippen LogP contribution in [0.4, 0.5) is 5.82 Å². The van der Waals surface area contributed by atoms with Crippen LogP contribution in [0.2, 0.25) is 0 Å². The van der Waals surface area contributed by atoms with Gasteiger partial charge in [-0.15, -0.1) is 0 Å². The Hall–Kier alpha value is -4.51. The number of nitrogens with two attached hydrogens (primary N) is 1. The molecule has 3 aromatic heterocycles. The van der Waals surface area contributed by atoms with E-state index in [-0.39, 0.29) is 36.1 Å². The van der Waals surface area contributed by atoms with Crippen molar-refractivity contribution in [1.82, 2.24) is 24.3 Å². The molecule has 38 heavy (non-hydrogen) atoms. The zero-order valence-electron chi connectivity index (χ0n) is 21.8. The van der Waals surface area contributed by atoms with Gasteiger partial charge in [0.1, 0.15) is 22.9 Å². The second kappa shape index (κ2) is 10.5. The number of Topliss-reactive ketones (excluding diaryl/α,β-unsaturated/α-hetero) is 1.